The number of fused-ring (bicyclic) bond motifs is 1. The highest BCUT2D eigenvalue weighted by molar-refractivity contribution is 5.89. The van der Waals surface area contributed by atoms with Gasteiger partial charge in [0.05, 0.1) is 5.56 Å². The smallest absolute Gasteiger partial charge is 0.338 e. The lowest BCUT2D eigenvalue weighted by atomic mass is 9.72. The van der Waals surface area contributed by atoms with Gasteiger partial charge in [-0.25, -0.2) is 9.18 Å². The lowest BCUT2D eigenvalue weighted by Crippen LogP contribution is -2.15. The third-order valence-electron chi connectivity index (χ3n) is 6.14. The quantitative estimate of drug-likeness (QED) is 0.635. The van der Waals surface area contributed by atoms with E-state index in [1.165, 1.54) is 40.0 Å². The van der Waals surface area contributed by atoms with Crippen molar-refractivity contribution in [1.82, 2.24) is 0 Å². The molecule has 2 aromatic carbocycles. The second-order valence-corrected chi connectivity index (χ2v) is 7.58. The van der Waals surface area contributed by atoms with Gasteiger partial charge in [-0.3, -0.25) is 0 Å². The maximum atomic E-state index is 14.1. The zero-order valence-electron chi connectivity index (χ0n) is 16.5. The maximum absolute atomic E-state index is 14.1. The third kappa shape index (κ3) is 3.12. The Hall–Kier alpha value is -2.68. The first kappa shape index (κ1) is 19.1. The van der Waals surface area contributed by atoms with Crippen LogP contribution in [0.4, 0.5) is 4.39 Å². The number of halogens is 1. The van der Waals surface area contributed by atoms with Gasteiger partial charge in [-0.2, -0.15) is 0 Å². The zero-order valence-corrected chi connectivity index (χ0v) is 16.5. The molecule has 2 aromatic rings. The van der Waals surface area contributed by atoms with Crippen LogP contribution in [0.25, 0.3) is 5.57 Å². The van der Waals surface area contributed by atoms with E-state index in [2.05, 4.69) is 53.3 Å². The van der Waals surface area contributed by atoms with E-state index in [9.17, 15) is 9.18 Å². The Morgan fingerprint density at radius 3 is 2.22 bits per heavy atom. The van der Waals surface area contributed by atoms with Crippen LogP contribution in [-0.4, -0.2) is 11.1 Å². The molecule has 1 aliphatic rings. The summed E-state index contributed by atoms with van der Waals surface area (Å²) >= 11 is 0. The van der Waals surface area contributed by atoms with Crippen LogP contribution < -0.4 is 0 Å². The van der Waals surface area contributed by atoms with Gasteiger partial charge < -0.3 is 5.11 Å². The van der Waals surface area contributed by atoms with E-state index < -0.39 is 11.8 Å². The average molecular weight is 364 g/mol. The summed E-state index contributed by atoms with van der Waals surface area (Å²) in [6.45, 7) is 15.1. The second kappa shape index (κ2) is 6.80. The molecule has 2 unspecified atom stereocenters. The predicted molar refractivity (Wildman–Crippen MR) is 108 cm³/mol. The molecule has 0 aliphatic heterocycles. The van der Waals surface area contributed by atoms with Crippen LogP contribution in [0, 0.1) is 12.7 Å². The first-order chi connectivity index (χ1) is 12.6. The monoisotopic (exact) mass is 364 g/mol. The summed E-state index contributed by atoms with van der Waals surface area (Å²) in [6, 6.07) is 8.42. The molecular formula is C24H25FO2. The fraction of sp³-hybridized carbons (Fsp3) is 0.292. The van der Waals surface area contributed by atoms with Gasteiger partial charge >= 0.3 is 5.97 Å². The number of aromatic carboxylic acids is 1. The molecule has 3 heteroatoms. The van der Waals surface area contributed by atoms with E-state index in [4.69, 9.17) is 5.11 Å². The van der Waals surface area contributed by atoms with Crippen LogP contribution >= 0.6 is 0 Å². The SMILES string of the molecule is C=C(c1ccc(C(=O)O)c(F)c1)c1cc(C)c2c(c1)C(C)C(C)=C(C)C2C. The van der Waals surface area contributed by atoms with Crippen LogP contribution in [0.5, 0.6) is 0 Å². The summed E-state index contributed by atoms with van der Waals surface area (Å²) in [5.74, 6) is -1.30. The number of aryl methyl sites for hydroxylation is 1. The number of hydrogen-bond acceptors (Lipinski definition) is 1. The van der Waals surface area contributed by atoms with E-state index in [-0.39, 0.29) is 5.56 Å². The summed E-state index contributed by atoms with van der Waals surface area (Å²) in [4.78, 5) is 11.0. The van der Waals surface area contributed by atoms with Gasteiger partial charge in [0.1, 0.15) is 5.82 Å². The molecule has 0 spiro atoms. The number of carbonyl (C=O) groups is 1. The minimum Gasteiger partial charge on any atom is -0.478 e. The molecule has 0 aromatic heterocycles. The minimum atomic E-state index is -1.27. The van der Waals surface area contributed by atoms with Gasteiger partial charge in [0, 0.05) is 11.8 Å². The van der Waals surface area contributed by atoms with Gasteiger partial charge in [-0.1, -0.05) is 49.8 Å². The summed E-state index contributed by atoms with van der Waals surface area (Å²) in [5, 5.41) is 9.01. The first-order valence-electron chi connectivity index (χ1n) is 9.17. The third-order valence-corrected chi connectivity index (χ3v) is 6.14. The Morgan fingerprint density at radius 1 is 1.00 bits per heavy atom. The summed E-state index contributed by atoms with van der Waals surface area (Å²) < 4.78 is 14.1. The van der Waals surface area contributed by atoms with E-state index in [0.29, 0.717) is 23.0 Å². The molecule has 0 saturated heterocycles. The fourth-order valence-electron chi connectivity index (χ4n) is 4.13. The standard InChI is InChI=1S/C24H25FO2/c1-12-9-19(10-21-15(4)13(2)14(3)16(5)23(12)21)17(6)18-7-8-20(24(26)27)22(25)11-18/h7-11,15-16H,6H2,1-5H3,(H,26,27). The average Bonchev–Trinajstić information content (AvgIpc) is 2.62. The van der Waals surface area contributed by atoms with Gasteiger partial charge in [-0.05, 0) is 66.3 Å². The molecule has 1 aliphatic carbocycles. The minimum absolute atomic E-state index is 0.327. The van der Waals surface area contributed by atoms with Crippen molar-refractivity contribution < 1.29 is 14.3 Å². The predicted octanol–water partition coefficient (Wildman–Crippen LogP) is 6.45. The summed E-state index contributed by atoms with van der Waals surface area (Å²) in [6.07, 6.45) is 0. The Balaban J connectivity index is 2.08. The van der Waals surface area contributed by atoms with Crippen molar-refractivity contribution in [3.63, 3.8) is 0 Å². The Bertz CT molecular complexity index is 998. The lowest BCUT2D eigenvalue weighted by Gasteiger charge is -2.32. The maximum Gasteiger partial charge on any atom is 0.338 e. The Labute approximate surface area is 160 Å². The van der Waals surface area contributed by atoms with Crippen molar-refractivity contribution in [3.8, 4) is 0 Å². The second-order valence-electron chi connectivity index (χ2n) is 7.58. The molecule has 27 heavy (non-hydrogen) atoms. The molecule has 0 heterocycles. The van der Waals surface area contributed by atoms with Crippen molar-refractivity contribution in [2.45, 2.75) is 46.5 Å². The van der Waals surface area contributed by atoms with Gasteiger partial charge in [0.25, 0.3) is 0 Å². The number of hydrogen-bond donors (Lipinski definition) is 1. The van der Waals surface area contributed by atoms with Gasteiger partial charge in [-0.15, -0.1) is 0 Å². The van der Waals surface area contributed by atoms with E-state index >= 15 is 0 Å². The van der Waals surface area contributed by atoms with Gasteiger partial charge in [0.15, 0.2) is 0 Å². The molecule has 2 atom stereocenters. The van der Waals surface area contributed by atoms with Crippen molar-refractivity contribution in [1.29, 1.82) is 0 Å². The number of benzene rings is 2. The molecule has 140 valence electrons. The molecule has 0 fully saturated rings. The van der Waals surface area contributed by atoms with Crippen molar-refractivity contribution >= 4 is 11.5 Å². The van der Waals surface area contributed by atoms with E-state index in [1.54, 1.807) is 6.07 Å². The van der Waals surface area contributed by atoms with Crippen LogP contribution in [0.3, 0.4) is 0 Å². The normalized spacial score (nSPS) is 19.0. The van der Waals surface area contributed by atoms with Gasteiger partial charge in [0.2, 0.25) is 0 Å². The van der Waals surface area contributed by atoms with Crippen molar-refractivity contribution in [2.75, 3.05) is 0 Å². The van der Waals surface area contributed by atoms with E-state index in [0.717, 1.165) is 5.56 Å². The molecule has 1 N–H and O–H groups in total. The molecule has 0 bridgehead atoms. The largest absolute Gasteiger partial charge is 0.478 e. The van der Waals surface area contributed by atoms with Crippen LogP contribution in [-0.2, 0) is 0 Å². The molecular weight excluding hydrogens is 339 g/mol. The van der Waals surface area contributed by atoms with Crippen LogP contribution in [0.15, 0.2) is 48.1 Å². The van der Waals surface area contributed by atoms with Crippen molar-refractivity contribution in [3.05, 3.63) is 87.3 Å². The molecule has 3 rings (SSSR count). The molecule has 0 radical (unpaired) electrons. The summed E-state index contributed by atoms with van der Waals surface area (Å²) in [5.41, 5.74) is 8.60. The van der Waals surface area contributed by atoms with E-state index in [1.807, 2.05) is 0 Å². The zero-order chi connectivity index (χ0) is 20.0. The van der Waals surface area contributed by atoms with Crippen LogP contribution in [0.1, 0.15) is 77.7 Å². The Morgan fingerprint density at radius 2 is 1.63 bits per heavy atom. The first-order valence-corrected chi connectivity index (χ1v) is 9.17. The number of allylic oxidation sites excluding steroid dienone is 2. The Kier molecular flexibility index (Phi) is 4.81. The van der Waals surface area contributed by atoms with Crippen LogP contribution in [0.2, 0.25) is 0 Å². The lowest BCUT2D eigenvalue weighted by molar-refractivity contribution is 0.0692. The highest BCUT2D eigenvalue weighted by Gasteiger charge is 2.27. The molecule has 0 amide bonds. The van der Waals surface area contributed by atoms with Crippen molar-refractivity contribution in [2.24, 2.45) is 0 Å². The number of carboxylic acids is 1. The summed E-state index contributed by atoms with van der Waals surface area (Å²) in [7, 11) is 0. The molecule has 0 saturated carbocycles. The molecule has 2 nitrogen and oxygen atoms in total. The number of rotatable bonds is 3. The highest BCUT2D eigenvalue weighted by atomic mass is 19.1. The fourth-order valence-corrected chi connectivity index (χ4v) is 4.13. The number of carboxylic acid groups (broad SMARTS) is 1. The topological polar surface area (TPSA) is 37.3 Å². The highest BCUT2D eigenvalue weighted by Crippen LogP contribution is 2.44.